The predicted octanol–water partition coefficient (Wildman–Crippen LogP) is 2.23. The Bertz CT molecular complexity index is 1350. The fraction of sp³-hybridized carbons (Fsp3) is 0.320. The van der Waals surface area contributed by atoms with Crippen LogP contribution in [0.15, 0.2) is 54.7 Å². The highest BCUT2D eigenvalue weighted by molar-refractivity contribution is 7.98. The monoisotopic (exact) mass is 465 g/mol. The molecule has 2 aromatic carbocycles. The van der Waals surface area contributed by atoms with Crippen LogP contribution in [-0.4, -0.2) is 78.8 Å². The molecule has 2 fully saturated rings. The molecule has 8 heteroatoms. The lowest BCUT2D eigenvalue weighted by Crippen LogP contribution is -2.53. The van der Waals surface area contributed by atoms with E-state index in [4.69, 9.17) is 0 Å². The summed E-state index contributed by atoms with van der Waals surface area (Å²) >= 11 is 0. The first-order valence-electron chi connectivity index (χ1n) is 11.0. The largest absolute Gasteiger partial charge is 0.380 e. The minimum atomic E-state index is -2.36. The van der Waals surface area contributed by atoms with Crippen molar-refractivity contribution in [2.75, 3.05) is 32.4 Å². The number of rotatable bonds is 4. The second-order valence-electron chi connectivity index (χ2n) is 9.07. The fourth-order valence-electron chi connectivity index (χ4n) is 4.36. The van der Waals surface area contributed by atoms with Gasteiger partial charge in [-0.05, 0) is 60.2 Å². The third-order valence-corrected chi connectivity index (χ3v) is 7.66. The average Bonchev–Trinajstić information content (AvgIpc) is 3.41. The Morgan fingerprint density at radius 1 is 0.939 bits per heavy atom. The molecule has 1 aromatic heterocycles. The topological polar surface area (TPSA) is 82.9 Å². The second kappa shape index (κ2) is 7.74. The van der Waals surface area contributed by atoms with Crippen molar-refractivity contribution >= 4 is 38.3 Å². The summed E-state index contributed by atoms with van der Waals surface area (Å²) in [7, 11) is -2.36. The minimum absolute atomic E-state index is 0.0561. The summed E-state index contributed by atoms with van der Waals surface area (Å²) < 4.78 is 14.0. The molecule has 33 heavy (non-hydrogen) atoms. The summed E-state index contributed by atoms with van der Waals surface area (Å²) in [5.74, 6) is 3.50. The molecule has 0 spiro atoms. The maximum atomic E-state index is 12.9. The summed E-state index contributed by atoms with van der Waals surface area (Å²) in [6.07, 6.45) is 4.48. The van der Waals surface area contributed by atoms with Crippen LogP contribution < -0.4 is 0 Å². The number of fused-ring (bicyclic) bond motifs is 1. The maximum Gasteiger partial charge on any atom is 0.254 e. The molecule has 2 aliphatic rings. The summed E-state index contributed by atoms with van der Waals surface area (Å²) in [4.78, 5) is 28.6. The van der Waals surface area contributed by atoms with Crippen LogP contribution in [-0.2, 0) is 14.5 Å². The molecule has 2 amide bonds. The summed E-state index contributed by atoms with van der Waals surface area (Å²) in [6.45, 7) is 1.82. The van der Waals surface area contributed by atoms with Gasteiger partial charge in [-0.15, -0.1) is 0 Å². The van der Waals surface area contributed by atoms with Crippen LogP contribution in [0.3, 0.4) is 0 Å². The van der Waals surface area contributed by atoms with Gasteiger partial charge in [-0.1, -0.05) is 18.2 Å². The minimum Gasteiger partial charge on any atom is -0.380 e. The maximum absolute atomic E-state index is 12.9. The standard InChI is InChI=1S/C25H27N3O4S/c1-33(2,32)28-12-9-21-17-20(7-8-22(21)28)18-3-5-19(6-4-18)23(29)26-13-15-27(16-14-26)24(30)25(31)10-11-25/h3-9,12,17,31H,1,10-11,13-16H2,2H3. The van der Waals surface area contributed by atoms with Crippen LogP contribution in [0.4, 0.5) is 0 Å². The van der Waals surface area contributed by atoms with Gasteiger partial charge >= 0.3 is 0 Å². The lowest BCUT2D eigenvalue weighted by atomic mass is 10.0. The number of hydrogen-bond acceptors (Lipinski definition) is 4. The molecule has 172 valence electrons. The van der Waals surface area contributed by atoms with Crippen LogP contribution in [0.5, 0.6) is 0 Å². The van der Waals surface area contributed by atoms with Gasteiger partial charge in [-0.3, -0.25) is 13.6 Å². The Balaban J connectivity index is 1.28. The first-order valence-corrected chi connectivity index (χ1v) is 13.1. The Labute approximate surface area is 193 Å². The van der Waals surface area contributed by atoms with Gasteiger partial charge in [-0.25, -0.2) is 4.21 Å². The van der Waals surface area contributed by atoms with Crippen LogP contribution >= 0.6 is 0 Å². The number of piperazine rings is 1. The molecule has 1 N–H and O–H groups in total. The Morgan fingerprint density at radius 3 is 2.15 bits per heavy atom. The van der Waals surface area contributed by atoms with E-state index in [-0.39, 0.29) is 11.8 Å². The van der Waals surface area contributed by atoms with E-state index in [1.165, 1.54) is 0 Å². The number of hydrogen-bond donors (Lipinski definition) is 1. The summed E-state index contributed by atoms with van der Waals surface area (Å²) in [6, 6.07) is 15.4. The molecule has 2 heterocycles. The van der Waals surface area contributed by atoms with Gasteiger partial charge in [0.05, 0.1) is 5.52 Å². The van der Waals surface area contributed by atoms with E-state index in [0.29, 0.717) is 44.6 Å². The van der Waals surface area contributed by atoms with Crippen molar-refractivity contribution in [3.8, 4) is 11.1 Å². The van der Waals surface area contributed by atoms with Crippen LogP contribution in [0, 0.1) is 0 Å². The van der Waals surface area contributed by atoms with E-state index in [1.54, 1.807) is 26.2 Å². The van der Waals surface area contributed by atoms with Gasteiger partial charge in [0, 0.05) is 59.3 Å². The third-order valence-electron chi connectivity index (χ3n) is 6.51. The van der Waals surface area contributed by atoms with E-state index in [9.17, 15) is 18.9 Å². The molecule has 0 radical (unpaired) electrons. The number of aromatic nitrogens is 1. The highest BCUT2D eigenvalue weighted by atomic mass is 32.2. The Kier molecular flexibility index (Phi) is 5.10. The third kappa shape index (κ3) is 4.05. The van der Waals surface area contributed by atoms with E-state index in [2.05, 4.69) is 5.87 Å². The molecule has 1 unspecified atom stereocenters. The number of benzene rings is 2. The normalized spacial score (nSPS) is 19.3. The molecular formula is C25H27N3O4S. The number of carbonyl (C=O) groups is 2. The van der Waals surface area contributed by atoms with E-state index < -0.39 is 15.3 Å². The number of carbonyl (C=O) groups excluding carboxylic acids is 2. The van der Waals surface area contributed by atoms with E-state index >= 15 is 0 Å². The Morgan fingerprint density at radius 2 is 1.55 bits per heavy atom. The quantitative estimate of drug-likeness (QED) is 0.599. The molecule has 7 nitrogen and oxygen atoms in total. The fourth-order valence-corrected chi connectivity index (χ4v) is 5.26. The van der Waals surface area contributed by atoms with Crippen molar-refractivity contribution in [1.82, 2.24) is 13.8 Å². The SMILES string of the molecule is C=S(C)(=O)n1ccc2cc(-c3ccc(C(=O)N4CCN(C(=O)C5(O)CC5)CC4)cc3)ccc21. The van der Waals surface area contributed by atoms with Gasteiger partial charge in [-0.2, -0.15) is 0 Å². The van der Waals surface area contributed by atoms with Gasteiger partial charge < -0.3 is 14.9 Å². The summed E-state index contributed by atoms with van der Waals surface area (Å²) in [5.41, 5.74) is 2.32. The number of nitrogens with zero attached hydrogens (tertiary/aromatic N) is 3. The Hall–Kier alpha value is -3.10. The average molecular weight is 466 g/mol. The van der Waals surface area contributed by atoms with Crippen LogP contribution in [0.25, 0.3) is 22.0 Å². The summed E-state index contributed by atoms with van der Waals surface area (Å²) in [5, 5.41) is 11.0. The molecule has 1 saturated carbocycles. The molecule has 5 rings (SSSR count). The smallest absolute Gasteiger partial charge is 0.254 e. The molecular weight excluding hydrogens is 438 g/mol. The van der Waals surface area contributed by atoms with E-state index in [1.807, 2.05) is 48.5 Å². The van der Waals surface area contributed by atoms with Crippen molar-refractivity contribution in [3.63, 3.8) is 0 Å². The molecule has 1 atom stereocenters. The first-order chi connectivity index (χ1) is 15.7. The van der Waals surface area contributed by atoms with Gasteiger partial charge in [0.15, 0.2) is 0 Å². The van der Waals surface area contributed by atoms with Crippen molar-refractivity contribution < 1.29 is 18.9 Å². The highest BCUT2D eigenvalue weighted by Crippen LogP contribution is 2.37. The zero-order valence-electron chi connectivity index (χ0n) is 18.6. The zero-order chi connectivity index (χ0) is 23.4. The van der Waals surface area contributed by atoms with Gasteiger partial charge in [0.1, 0.15) is 5.60 Å². The number of amides is 2. The molecule has 0 bridgehead atoms. The van der Waals surface area contributed by atoms with Gasteiger partial charge in [0.25, 0.3) is 11.8 Å². The molecule has 1 saturated heterocycles. The van der Waals surface area contributed by atoms with Crippen LogP contribution in [0.1, 0.15) is 23.2 Å². The van der Waals surface area contributed by atoms with Crippen molar-refractivity contribution in [2.45, 2.75) is 18.4 Å². The molecule has 1 aliphatic heterocycles. The van der Waals surface area contributed by atoms with Crippen molar-refractivity contribution in [3.05, 3.63) is 60.3 Å². The number of aliphatic hydroxyl groups is 1. The first kappa shape index (κ1) is 21.7. The predicted molar refractivity (Wildman–Crippen MR) is 131 cm³/mol. The van der Waals surface area contributed by atoms with Crippen molar-refractivity contribution in [2.24, 2.45) is 0 Å². The van der Waals surface area contributed by atoms with Crippen LogP contribution in [0.2, 0.25) is 0 Å². The molecule has 3 aromatic rings. The zero-order valence-corrected chi connectivity index (χ0v) is 19.4. The van der Waals surface area contributed by atoms with E-state index in [0.717, 1.165) is 22.0 Å². The lowest BCUT2D eigenvalue weighted by molar-refractivity contribution is -0.143. The highest BCUT2D eigenvalue weighted by Gasteiger charge is 2.50. The lowest BCUT2D eigenvalue weighted by Gasteiger charge is -2.35. The second-order valence-corrected chi connectivity index (χ2v) is 11.4. The van der Waals surface area contributed by atoms with Gasteiger partial charge in [0.2, 0.25) is 0 Å². The molecule has 1 aliphatic carbocycles. The van der Waals surface area contributed by atoms with Crippen molar-refractivity contribution in [1.29, 1.82) is 0 Å².